The lowest BCUT2D eigenvalue weighted by Gasteiger charge is -2.25. The van der Waals surface area contributed by atoms with Gasteiger partial charge in [0.15, 0.2) is 0 Å². The van der Waals surface area contributed by atoms with Gasteiger partial charge in [0.1, 0.15) is 5.60 Å². The van der Waals surface area contributed by atoms with Crippen molar-refractivity contribution in [3.63, 3.8) is 0 Å². The maximum atomic E-state index is 11.7. The van der Waals surface area contributed by atoms with Crippen LogP contribution in [0.25, 0.3) is 0 Å². The first-order valence-corrected chi connectivity index (χ1v) is 5.92. The molecule has 0 aliphatic carbocycles. The zero-order valence-electron chi connectivity index (χ0n) is 11.4. The maximum Gasteiger partial charge on any atom is 0.331 e. The molecule has 0 radical (unpaired) electrons. The summed E-state index contributed by atoms with van der Waals surface area (Å²) < 4.78 is 5.32. The van der Waals surface area contributed by atoms with Crippen LogP contribution in [0, 0.1) is 6.92 Å². The summed E-state index contributed by atoms with van der Waals surface area (Å²) in [6.07, 6.45) is -0.315. The third-order valence-electron chi connectivity index (χ3n) is 2.78. The Balaban J connectivity index is 2.74. The van der Waals surface area contributed by atoms with E-state index in [0.717, 1.165) is 11.1 Å². The van der Waals surface area contributed by atoms with Crippen molar-refractivity contribution in [2.24, 2.45) is 0 Å². The minimum atomic E-state index is -1.19. The molecule has 19 heavy (non-hydrogen) atoms. The second kappa shape index (κ2) is 5.69. The molecular formula is C15H18O4. The molecule has 0 amide bonds. The Morgan fingerprint density at radius 2 is 1.79 bits per heavy atom. The lowest BCUT2D eigenvalue weighted by molar-refractivity contribution is -0.157. The molecule has 0 aromatic heterocycles. The van der Waals surface area contributed by atoms with Crippen molar-refractivity contribution in [1.82, 2.24) is 0 Å². The van der Waals surface area contributed by atoms with E-state index in [1.54, 1.807) is 13.8 Å². The first-order chi connectivity index (χ1) is 8.72. The summed E-state index contributed by atoms with van der Waals surface area (Å²) in [6.45, 7) is 8.81. The van der Waals surface area contributed by atoms with Crippen molar-refractivity contribution >= 4 is 11.9 Å². The number of carbonyl (C=O) groups is 2. The van der Waals surface area contributed by atoms with Crippen molar-refractivity contribution < 1.29 is 19.4 Å². The minimum Gasteiger partial charge on any atom is -0.478 e. The summed E-state index contributed by atoms with van der Waals surface area (Å²) in [5.74, 6) is -1.79. The normalized spacial score (nSPS) is 10.9. The number of aryl methyl sites for hydroxylation is 1. The molecule has 0 aliphatic rings. The number of carbonyl (C=O) groups excluding carboxylic acids is 1. The van der Waals surface area contributed by atoms with E-state index >= 15 is 0 Å². The van der Waals surface area contributed by atoms with E-state index < -0.39 is 17.5 Å². The van der Waals surface area contributed by atoms with E-state index in [4.69, 9.17) is 9.84 Å². The molecule has 0 fully saturated rings. The molecule has 0 saturated carbocycles. The van der Waals surface area contributed by atoms with E-state index in [9.17, 15) is 9.59 Å². The van der Waals surface area contributed by atoms with Crippen LogP contribution in [-0.4, -0.2) is 17.0 Å². The summed E-state index contributed by atoms with van der Waals surface area (Å²) in [7, 11) is 0. The fourth-order valence-electron chi connectivity index (χ4n) is 1.58. The van der Waals surface area contributed by atoms with Crippen LogP contribution >= 0.6 is 0 Å². The second-order valence-electron chi connectivity index (χ2n) is 4.94. The van der Waals surface area contributed by atoms with Gasteiger partial charge in [-0.05, 0) is 26.3 Å². The highest BCUT2D eigenvalue weighted by Gasteiger charge is 2.26. The molecule has 0 heterocycles. The Kier molecular flexibility index (Phi) is 4.48. The number of rotatable bonds is 5. The Morgan fingerprint density at radius 3 is 2.26 bits per heavy atom. The molecule has 102 valence electrons. The quantitative estimate of drug-likeness (QED) is 0.654. The molecule has 4 nitrogen and oxygen atoms in total. The van der Waals surface area contributed by atoms with Gasteiger partial charge in [-0.2, -0.15) is 0 Å². The average Bonchev–Trinajstić information content (AvgIpc) is 2.28. The number of hydrogen-bond donors (Lipinski definition) is 1. The van der Waals surface area contributed by atoms with Crippen LogP contribution in [0.3, 0.4) is 0 Å². The van der Waals surface area contributed by atoms with Gasteiger partial charge in [-0.1, -0.05) is 36.4 Å². The second-order valence-corrected chi connectivity index (χ2v) is 4.94. The van der Waals surface area contributed by atoms with Gasteiger partial charge in [-0.3, -0.25) is 4.79 Å². The number of esters is 1. The third kappa shape index (κ3) is 4.25. The molecule has 0 bridgehead atoms. The van der Waals surface area contributed by atoms with Crippen LogP contribution in [0.1, 0.15) is 31.4 Å². The van der Waals surface area contributed by atoms with Crippen LogP contribution < -0.4 is 0 Å². The summed E-state index contributed by atoms with van der Waals surface area (Å²) in [6, 6.07) is 7.63. The largest absolute Gasteiger partial charge is 0.478 e. The molecule has 0 unspecified atom stereocenters. The van der Waals surface area contributed by atoms with Crippen LogP contribution in [0.5, 0.6) is 0 Å². The van der Waals surface area contributed by atoms with Crippen LogP contribution in [0.2, 0.25) is 0 Å². The molecule has 0 saturated heterocycles. The summed E-state index contributed by atoms with van der Waals surface area (Å²) in [5.41, 5.74) is 0.992. The molecule has 1 N–H and O–H groups in total. The lowest BCUT2D eigenvalue weighted by Crippen LogP contribution is -2.26. The van der Waals surface area contributed by atoms with E-state index in [1.807, 2.05) is 31.2 Å². The number of aliphatic carboxylic acids is 1. The molecular weight excluding hydrogens is 244 g/mol. The fraction of sp³-hybridized carbons (Fsp3) is 0.333. The Labute approximate surface area is 112 Å². The number of ether oxygens (including phenoxy) is 1. The minimum absolute atomic E-state index is 0.176. The van der Waals surface area contributed by atoms with Gasteiger partial charge < -0.3 is 9.84 Å². The highest BCUT2D eigenvalue weighted by molar-refractivity contribution is 5.91. The average molecular weight is 262 g/mol. The maximum absolute atomic E-state index is 11.7. The van der Waals surface area contributed by atoms with Crippen molar-refractivity contribution in [2.75, 3.05) is 0 Å². The SMILES string of the molecule is C=C(CC(=O)OC(C)(C)c1ccc(C)cc1)C(=O)O. The van der Waals surface area contributed by atoms with Crippen LogP contribution in [0.4, 0.5) is 0 Å². The third-order valence-corrected chi connectivity index (χ3v) is 2.78. The first-order valence-electron chi connectivity index (χ1n) is 5.92. The van der Waals surface area contributed by atoms with E-state index in [0.29, 0.717) is 0 Å². The summed E-state index contributed by atoms with van der Waals surface area (Å²) in [4.78, 5) is 22.3. The van der Waals surface area contributed by atoms with Crippen LogP contribution in [-0.2, 0) is 19.9 Å². The zero-order chi connectivity index (χ0) is 14.6. The standard InChI is InChI=1S/C15H18O4/c1-10-5-7-12(8-6-10)15(3,4)19-13(16)9-11(2)14(17)18/h5-8H,2,9H2,1,3-4H3,(H,17,18). The molecule has 1 aromatic rings. The Bertz CT molecular complexity index is 497. The lowest BCUT2D eigenvalue weighted by atomic mass is 9.97. The number of benzene rings is 1. The monoisotopic (exact) mass is 262 g/mol. The predicted octanol–water partition coefficient (Wildman–Crippen LogP) is 2.80. The van der Waals surface area contributed by atoms with Gasteiger partial charge >= 0.3 is 11.9 Å². The van der Waals surface area contributed by atoms with Crippen molar-refractivity contribution in [1.29, 1.82) is 0 Å². The smallest absolute Gasteiger partial charge is 0.331 e. The predicted molar refractivity (Wildman–Crippen MR) is 71.7 cm³/mol. The van der Waals surface area contributed by atoms with Gasteiger partial charge in [0.2, 0.25) is 0 Å². The Morgan fingerprint density at radius 1 is 1.26 bits per heavy atom. The zero-order valence-corrected chi connectivity index (χ0v) is 11.4. The first kappa shape index (κ1) is 15.0. The summed E-state index contributed by atoms with van der Waals surface area (Å²) >= 11 is 0. The van der Waals surface area contributed by atoms with Crippen molar-refractivity contribution in [3.05, 3.63) is 47.5 Å². The molecule has 0 spiro atoms. The van der Waals surface area contributed by atoms with E-state index in [2.05, 4.69) is 6.58 Å². The van der Waals surface area contributed by atoms with Gasteiger partial charge in [0.25, 0.3) is 0 Å². The molecule has 0 aliphatic heterocycles. The van der Waals surface area contributed by atoms with Gasteiger partial charge in [0.05, 0.1) is 6.42 Å². The van der Waals surface area contributed by atoms with Crippen molar-refractivity contribution in [2.45, 2.75) is 32.8 Å². The summed E-state index contributed by atoms with van der Waals surface area (Å²) in [5, 5.41) is 8.67. The topological polar surface area (TPSA) is 63.6 Å². The molecule has 1 aromatic carbocycles. The Hall–Kier alpha value is -2.10. The number of hydrogen-bond acceptors (Lipinski definition) is 3. The number of carboxylic acid groups (broad SMARTS) is 1. The molecule has 4 heteroatoms. The van der Waals surface area contributed by atoms with Gasteiger partial charge in [-0.25, -0.2) is 4.79 Å². The van der Waals surface area contributed by atoms with E-state index in [-0.39, 0.29) is 12.0 Å². The highest BCUT2D eigenvalue weighted by Crippen LogP contribution is 2.25. The fourth-order valence-corrected chi connectivity index (χ4v) is 1.58. The van der Waals surface area contributed by atoms with Crippen LogP contribution in [0.15, 0.2) is 36.4 Å². The highest BCUT2D eigenvalue weighted by atomic mass is 16.6. The van der Waals surface area contributed by atoms with Gasteiger partial charge in [0, 0.05) is 5.57 Å². The number of carboxylic acids is 1. The van der Waals surface area contributed by atoms with E-state index in [1.165, 1.54) is 0 Å². The van der Waals surface area contributed by atoms with Crippen molar-refractivity contribution in [3.8, 4) is 0 Å². The van der Waals surface area contributed by atoms with Gasteiger partial charge in [-0.15, -0.1) is 0 Å². The molecule has 0 atom stereocenters. The molecule has 1 rings (SSSR count).